The molecule has 4 heterocycles. The second kappa shape index (κ2) is 13.6. The van der Waals surface area contributed by atoms with Crippen molar-refractivity contribution in [3.63, 3.8) is 0 Å². The number of likely N-dealkylation sites (tertiary alicyclic amines) is 1. The Morgan fingerprint density at radius 3 is 2.08 bits per heavy atom. The van der Waals surface area contributed by atoms with Crippen molar-refractivity contribution in [1.82, 2.24) is 9.88 Å². The van der Waals surface area contributed by atoms with Crippen LogP contribution in [0, 0.1) is 19.8 Å². The van der Waals surface area contributed by atoms with Gasteiger partial charge in [-0.25, -0.2) is 9.59 Å². The Balaban J connectivity index is 0.000000333. The number of carbonyl (C=O) groups excluding carboxylic acids is 1. The van der Waals surface area contributed by atoms with Crippen LogP contribution in [0.2, 0.25) is 0 Å². The molecular formula is C24H27F6N3O7. The van der Waals surface area contributed by atoms with Crippen molar-refractivity contribution in [2.24, 2.45) is 5.92 Å². The van der Waals surface area contributed by atoms with Crippen LogP contribution in [0.15, 0.2) is 34.9 Å². The first-order valence-corrected chi connectivity index (χ1v) is 11.7. The second-order valence-corrected chi connectivity index (χ2v) is 8.81. The van der Waals surface area contributed by atoms with E-state index in [-0.39, 0.29) is 17.9 Å². The summed E-state index contributed by atoms with van der Waals surface area (Å²) in [5.41, 5.74) is 1.81. The van der Waals surface area contributed by atoms with E-state index in [1.807, 2.05) is 43.0 Å². The molecule has 1 amide bonds. The molecule has 0 radical (unpaired) electrons. The molecule has 4 rings (SSSR count). The first-order chi connectivity index (χ1) is 18.5. The summed E-state index contributed by atoms with van der Waals surface area (Å²) in [4.78, 5) is 39.4. The number of anilines is 1. The first kappa shape index (κ1) is 32.6. The number of halogens is 6. The maximum Gasteiger partial charge on any atom is 0.490 e. The number of fused-ring (bicyclic) bond motifs is 1. The molecule has 0 bridgehead atoms. The van der Waals surface area contributed by atoms with Gasteiger partial charge in [0.1, 0.15) is 11.5 Å². The third-order valence-corrected chi connectivity index (χ3v) is 5.74. The van der Waals surface area contributed by atoms with E-state index < -0.39 is 24.3 Å². The van der Waals surface area contributed by atoms with Gasteiger partial charge in [0.05, 0.1) is 37.1 Å². The van der Waals surface area contributed by atoms with Crippen molar-refractivity contribution in [3.05, 3.63) is 47.7 Å². The van der Waals surface area contributed by atoms with E-state index in [9.17, 15) is 31.1 Å². The van der Waals surface area contributed by atoms with Gasteiger partial charge in [-0.3, -0.25) is 14.7 Å². The average Bonchev–Trinajstić information content (AvgIpc) is 3.18. The van der Waals surface area contributed by atoms with Crippen LogP contribution in [0.4, 0.5) is 32.0 Å². The molecule has 2 atom stereocenters. The Hall–Kier alpha value is -3.66. The van der Waals surface area contributed by atoms with Crippen molar-refractivity contribution in [2.45, 2.75) is 45.3 Å². The number of carboxylic acid groups (broad SMARTS) is 2. The van der Waals surface area contributed by atoms with Crippen molar-refractivity contribution >= 4 is 23.5 Å². The van der Waals surface area contributed by atoms with Crippen LogP contribution in [0.1, 0.15) is 23.6 Å². The summed E-state index contributed by atoms with van der Waals surface area (Å²) in [7, 11) is 0. The summed E-state index contributed by atoms with van der Waals surface area (Å²) >= 11 is 0. The van der Waals surface area contributed by atoms with Gasteiger partial charge >= 0.3 is 24.3 Å². The fourth-order valence-electron chi connectivity index (χ4n) is 3.85. The number of carboxylic acids is 2. The highest BCUT2D eigenvalue weighted by atomic mass is 19.4. The van der Waals surface area contributed by atoms with Crippen molar-refractivity contribution in [2.75, 3.05) is 31.1 Å². The van der Waals surface area contributed by atoms with Gasteiger partial charge in [0.15, 0.2) is 0 Å². The number of amides is 1. The molecule has 0 unspecified atom stereocenters. The number of carbonyl (C=O) groups is 3. The summed E-state index contributed by atoms with van der Waals surface area (Å²) < 4.78 is 75.2. The number of ether oxygens (including phenoxy) is 1. The fraction of sp³-hybridized carbons (Fsp3) is 0.500. The summed E-state index contributed by atoms with van der Waals surface area (Å²) in [5.74, 6) is -3.55. The maximum atomic E-state index is 13.1. The lowest BCUT2D eigenvalue weighted by molar-refractivity contribution is -0.193. The number of aryl methyl sites for hydroxylation is 2. The van der Waals surface area contributed by atoms with E-state index in [2.05, 4.69) is 9.88 Å². The average molecular weight is 583 g/mol. The highest BCUT2D eigenvalue weighted by molar-refractivity contribution is 5.95. The zero-order valence-electron chi connectivity index (χ0n) is 21.3. The molecule has 0 spiro atoms. The van der Waals surface area contributed by atoms with E-state index in [1.165, 1.54) is 0 Å². The number of aromatic nitrogens is 1. The van der Waals surface area contributed by atoms with Crippen LogP contribution in [0.25, 0.3) is 0 Å². The normalized spacial score (nSPS) is 19.8. The number of furan rings is 1. The Kier molecular flexibility index (Phi) is 11.1. The molecule has 16 heteroatoms. The zero-order valence-corrected chi connectivity index (χ0v) is 21.3. The van der Waals surface area contributed by atoms with Crippen molar-refractivity contribution < 1.29 is 60.1 Å². The first-order valence-electron chi connectivity index (χ1n) is 11.7. The van der Waals surface area contributed by atoms with Gasteiger partial charge in [-0.05, 0) is 51.1 Å². The molecule has 0 saturated carbocycles. The van der Waals surface area contributed by atoms with Crippen LogP contribution in [-0.2, 0) is 25.7 Å². The Morgan fingerprint density at radius 2 is 1.60 bits per heavy atom. The minimum absolute atomic E-state index is 0.0595. The fourth-order valence-corrected chi connectivity index (χ4v) is 3.85. The summed E-state index contributed by atoms with van der Waals surface area (Å²) in [5, 5.41) is 14.2. The molecule has 2 aliphatic rings. The molecule has 2 fully saturated rings. The molecule has 0 aliphatic carbocycles. The maximum absolute atomic E-state index is 13.1. The van der Waals surface area contributed by atoms with Crippen LogP contribution in [0.3, 0.4) is 0 Å². The molecule has 2 N–H and O–H groups in total. The molecule has 40 heavy (non-hydrogen) atoms. The Bertz CT molecular complexity index is 1130. The Labute approximate surface area is 224 Å². The van der Waals surface area contributed by atoms with Gasteiger partial charge in [-0.15, -0.1) is 0 Å². The Morgan fingerprint density at radius 1 is 1.00 bits per heavy atom. The van der Waals surface area contributed by atoms with Gasteiger partial charge in [-0.1, -0.05) is 0 Å². The number of hydrogen-bond acceptors (Lipinski definition) is 7. The third-order valence-electron chi connectivity index (χ3n) is 5.74. The van der Waals surface area contributed by atoms with Crippen molar-refractivity contribution in [1.29, 1.82) is 0 Å². The number of piperidine rings is 1. The molecule has 10 nitrogen and oxygen atoms in total. The molecule has 2 aromatic rings. The SMILES string of the molecule is Cc1ccc(N2CCO[C@H]3CN(Cc4ccc(C)o4)CC[C@H]3C2=O)cn1.O=C(O)C(F)(F)F.O=C(O)C(F)(F)F. The van der Waals surface area contributed by atoms with Gasteiger partial charge in [-0.2, -0.15) is 26.3 Å². The van der Waals surface area contributed by atoms with E-state index in [1.54, 1.807) is 6.20 Å². The minimum Gasteiger partial charge on any atom is -0.475 e. The van der Waals surface area contributed by atoms with Gasteiger partial charge < -0.3 is 24.3 Å². The summed E-state index contributed by atoms with van der Waals surface area (Å²) in [6.45, 7) is 7.43. The van der Waals surface area contributed by atoms with E-state index in [0.717, 1.165) is 49.0 Å². The predicted octanol–water partition coefficient (Wildman–Crippen LogP) is 3.81. The van der Waals surface area contributed by atoms with Crippen LogP contribution < -0.4 is 4.90 Å². The van der Waals surface area contributed by atoms with Crippen molar-refractivity contribution in [3.8, 4) is 0 Å². The molecule has 2 aliphatic heterocycles. The molecule has 0 aromatic carbocycles. The number of alkyl halides is 6. The molecule has 2 saturated heterocycles. The third kappa shape index (κ3) is 9.82. The standard InChI is InChI=1S/C20H25N3O3.2C2HF3O2/c1-14-3-5-16(11-21-14)23-9-10-25-19-13-22(8-7-18(19)20(23)24)12-17-6-4-15(2)26-17;2*3-2(4,5)1(6)7/h3-6,11,18-19H,7-10,12-13H2,1-2H3;2*(H,6,7)/t18-,19+;;/m1../s1. The smallest absolute Gasteiger partial charge is 0.475 e. The van der Waals surface area contributed by atoms with Gasteiger partial charge in [0, 0.05) is 18.8 Å². The number of pyridine rings is 1. The largest absolute Gasteiger partial charge is 0.490 e. The van der Waals surface area contributed by atoms with Crippen LogP contribution >= 0.6 is 0 Å². The minimum atomic E-state index is -5.08. The molecule has 2 aromatic heterocycles. The topological polar surface area (TPSA) is 133 Å². The molecule has 222 valence electrons. The highest BCUT2D eigenvalue weighted by Crippen LogP contribution is 2.29. The van der Waals surface area contributed by atoms with Gasteiger partial charge in [0.25, 0.3) is 0 Å². The lowest BCUT2D eigenvalue weighted by Crippen LogP contribution is -2.49. The lowest BCUT2D eigenvalue weighted by Gasteiger charge is -2.36. The predicted molar refractivity (Wildman–Crippen MR) is 125 cm³/mol. The molecular weight excluding hydrogens is 556 g/mol. The summed E-state index contributed by atoms with van der Waals surface area (Å²) in [6, 6.07) is 7.92. The zero-order chi connectivity index (χ0) is 30.3. The van der Waals surface area contributed by atoms with Gasteiger partial charge in [0.2, 0.25) is 5.91 Å². The number of aliphatic carboxylic acids is 2. The summed E-state index contributed by atoms with van der Waals surface area (Å²) in [6.07, 6.45) is -7.64. The highest BCUT2D eigenvalue weighted by Gasteiger charge is 2.40. The number of hydrogen-bond donors (Lipinski definition) is 2. The lowest BCUT2D eigenvalue weighted by atomic mass is 9.92. The monoisotopic (exact) mass is 583 g/mol. The van der Waals surface area contributed by atoms with E-state index in [4.69, 9.17) is 29.0 Å². The number of rotatable bonds is 3. The van der Waals surface area contributed by atoms with Crippen LogP contribution in [0.5, 0.6) is 0 Å². The second-order valence-electron chi connectivity index (χ2n) is 8.81. The number of nitrogens with zero attached hydrogens (tertiary/aromatic N) is 3. The van der Waals surface area contributed by atoms with E-state index >= 15 is 0 Å². The van der Waals surface area contributed by atoms with E-state index in [0.29, 0.717) is 13.2 Å². The van der Waals surface area contributed by atoms with Crippen LogP contribution in [-0.4, -0.2) is 82.6 Å². The quantitative estimate of drug-likeness (QED) is 0.518.